The molecule has 0 spiro atoms. The Morgan fingerprint density at radius 3 is 3.00 bits per heavy atom. The third-order valence-electron chi connectivity index (χ3n) is 1.97. The van der Waals surface area contributed by atoms with Gasteiger partial charge in [-0.05, 0) is 13.5 Å². The summed E-state index contributed by atoms with van der Waals surface area (Å²) in [5.41, 5.74) is 1.02. The molecule has 1 atom stereocenters. The molecule has 1 rings (SSSR count). The van der Waals surface area contributed by atoms with Gasteiger partial charge >= 0.3 is 0 Å². The van der Waals surface area contributed by atoms with E-state index in [2.05, 4.69) is 22.2 Å². The number of nitrogens with zero attached hydrogens (tertiary/aromatic N) is 3. The smallest absolute Gasteiger partial charge is 0.0842 e. The summed E-state index contributed by atoms with van der Waals surface area (Å²) in [4.78, 5) is 0. The summed E-state index contributed by atoms with van der Waals surface area (Å²) in [5.74, 6) is 0. The van der Waals surface area contributed by atoms with Crippen molar-refractivity contribution in [1.82, 2.24) is 20.3 Å². The van der Waals surface area contributed by atoms with Crippen molar-refractivity contribution in [2.24, 2.45) is 7.05 Å². The molecule has 0 aliphatic rings. The fourth-order valence-corrected chi connectivity index (χ4v) is 1.25. The molecule has 0 aliphatic heterocycles. The van der Waals surface area contributed by atoms with Crippen LogP contribution in [0.4, 0.5) is 0 Å². The van der Waals surface area contributed by atoms with Crippen LogP contribution in [0.25, 0.3) is 0 Å². The van der Waals surface area contributed by atoms with E-state index >= 15 is 0 Å². The number of likely N-dealkylation sites (N-methyl/N-ethyl adjacent to an activating group) is 1. The normalized spacial score (nSPS) is 12.8. The number of aromatic nitrogens is 3. The molecule has 0 aromatic carbocycles. The van der Waals surface area contributed by atoms with E-state index in [1.165, 1.54) is 0 Å². The highest BCUT2D eigenvalue weighted by atomic mass is 15.4. The molecule has 1 heterocycles. The fraction of sp³-hybridized carbons (Fsp3) is 0.556. The largest absolute Gasteiger partial charge is 0.316 e. The van der Waals surface area contributed by atoms with Gasteiger partial charge in [-0.1, -0.05) is 11.3 Å². The highest BCUT2D eigenvalue weighted by Gasteiger charge is 2.07. The van der Waals surface area contributed by atoms with Crippen LogP contribution < -0.4 is 5.32 Å². The monoisotopic (exact) mass is 180 g/mol. The summed E-state index contributed by atoms with van der Waals surface area (Å²) in [6.07, 6.45) is 5.70. The van der Waals surface area contributed by atoms with Crippen LogP contribution in [-0.4, -0.2) is 28.1 Å². The molecule has 72 valence electrons. The van der Waals surface area contributed by atoms with Crippen LogP contribution in [0.1, 0.15) is 12.1 Å². The molecule has 1 aromatic rings. The predicted molar refractivity (Wildman–Crippen MR) is 52.4 cm³/mol. The van der Waals surface area contributed by atoms with Gasteiger partial charge in [0.1, 0.15) is 0 Å². The minimum Gasteiger partial charge on any atom is -0.316 e. The van der Waals surface area contributed by atoms with Gasteiger partial charge < -0.3 is 5.32 Å². The van der Waals surface area contributed by atoms with E-state index in [1.54, 1.807) is 4.68 Å². The molecule has 13 heavy (non-hydrogen) atoms. The van der Waals surface area contributed by atoms with Gasteiger partial charge in [0, 0.05) is 25.7 Å². The summed E-state index contributed by atoms with van der Waals surface area (Å²) < 4.78 is 1.72. The lowest BCUT2D eigenvalue weighted by atomic mass is 10.1. The van der Waals surface area contributed by atoms with Gasteiger partial charge in [0.05, 0.1) is 5.69 Å². The fourth-order valence-electron chi connectivity index (χ4n) is 1.25. The van der Waals surface area contributed by atoms with E-state index in [9.17, 15) is 0 Å². The van der Waals surface area contributed by atoms with Crippen LogP contribution in [0.3, 0.4) is 0 Å². The van der Waals surface area contributed by atoms with Crippen molar-refractivity contribution in [3.05, 3.63) is 24.5 Å². The van der Waals surface area contributed by atoms with E-state index < -0.39 is 0 Å². The molecule has 0 saturated heterocycles. The van der Waals surface area contributed by atoms with Crippen molar-refractivity contribution < 1.29 is 0 Å². The lowest BCUT2D eigenvalue weighted by molar-refractivity contribution is 0.559. The van der Waals surface area contributed by atoms with E-state index in [-0.39, 0.29) is 0 Å². The van der Waals surface area contributed by atoms with Crippen LogP contribution in [-0.2, 0) is 13.5 Å². The Morgan fingerprint density at radius 1 is 1.77 bits per heavy atom. The summed E-state index contributed by atoms with van der Waals surface area (Å²) in [5, 5.41) is 11.1. The molecule has 1 N–H and O–H groups in total. The number of aryl methyl sites for hydroxylation is 1. The van der Waals surface area contributed by atoms with Gasteiger partial charge in [0.15, 0.2) is 0 Å². The Hall–Kier alpha value is -1.16. The standard InChI is InChI=1S/C9H16N4/c1-4-5-8(10-2)6-9-7-13(3)12-11-9/h4,7-8,10H,1,5-6H2,2-3H3. The van der Waals surface area contributed by atoms with Gasteiger partial charge in [0.25, 0.3) is 0 Å². The first kappa shape index (κ1) is 9.92. The topological polar surface area (TPSA) is 42.7 Å². The van der Waals surface area contributed by atoms with Crippen LogP contribution in [0.2, 0.25) is 0 Å². The molecule has 1 unspecified atom stereocenters. The van der Waals surface area contributed by atoms with Gasteiger partial charge in [-0.15, -0.1) is 11.7 Å². The Morgan fingerprint density at radius 2 is 2.54 bits per heavy atom. The zero-order valence-electron chi connectivity index (χ0n) is 8.20. The third-order valence-corrected chi connectivity index (χ3v) is 1.97. The molecule has 0 amide bonds. The summed E-state index contributed by atoms with van der Waals surface area (Å²) in [6, 6.07) is 0.411. The highest BCUT2D eigenvalue weighted by Crippen LogP contribution is 2.01. The van der Waals surface area contributed by atoms with Crippen molar-refractivity contribution in [2.45, 2.75) is 18.9 Å². The number of hydrogen-bond donors (Lipinski definition) is 1. The molecule has 0 radical (unpaired) electrons. The van der Waals surface area contributed by atoms with Crippen molar-refractivity contribution in [3.63, 3.8) is 0 Å². The number of hydrogen-bond acceptors (Lipinski definition) is 3. The maximum atomic E-state index is 4.02. The van der Waals surface area contributed by atoms with E-state index in [1.807, 2.05) is 26.4 Å². The Labute approximate surface area is 78.6 Å². The molecule has 0 saturated carbocycles. The molecule has 1 aromatic heterocycles. The van der Waals surface area contributed by atoms with Gasteiger partial charge in [-0.25, -0.2) is 0 Å². The molecule has 0 aliphatic carbocycles. The lowest BCUT2D eigenvalue weighted by Crippen LogP contribution is -2.26. The Bertz CT molecular complexity index is 266. The third kappa shape index (κ3) is 2.99. The quantitative estimate of drug-likeness (QED) is 0.672. The van der Waals surface area contributed by atoms with Crippen molar-refractivity contribution in [2.75, 3.05) is 7.05 Å². The zero-order chi connectivity index (χ0) is 9.68. The van der Waals surface area contributed by atoms with Crippen molar-refractivity contribution >= 4 is 0 Å². The first-order chi connectivity index (χ1) is 6.26. The van der Waals surface area contributed by atoms with Crippen LogP contribution in [0.5, 0.6) is 0 Å². The minimum atomic E-state index is 0.411. The van der Waals surface area contributed by atoms with E-state index in [4.69, 9.17) is 0 Å². The summed E-state index contributed by atoms with van der Waals surface area (Å²) in [6.45, 7) is 3.71. The predicted octanol–water partition coefficient (Wildman–Crippen LogP) is 0.522. The SMILES string of the molecule is C=CCC(Cc1cn(C)nn1)NC. The maximum Gasteiger partial charge on any atom is 0.0842 e. The van der Waals surface area contributed by atoms with Crippen LogP contribution in [0.15, 0.2) is 18.9 Å². The van der Waals surface area contributed by atoms with Crippen molar-refractivity contribution in [1.29, 1.82) is 0 Å². The van der Waals surface area contributed by atoms with Gasteiger partial charge in [-0.3, -0.25) is 4.68 Å². The molecular formula is C9H16N4. The van der Waals surface area contributed by atoms with Gasteiger partial charge in [-0.2, -0.15) is 0 Å². The Kier molecular flexibility index (Phi) is 3.64. The average molecular weight is 180 g/mol. The number of nitrogens with one attached hydrogen (secondary N) is 1. The molecule has 0 bridgehead atoms. The second kappa shape index (κ2) is 4.77. The molecule has 0 fully saturated rings. The lowest BCUT2D eigenvalue weighted by Gasteiger charge is -2.11. The second-order valence-corrected chi connectivity index (χ2v) is 3.10. The van der Waals surface area contributed by atoms with Crippen molar-refractivity contribution in [3.8, 4) is 0 Å². The van der Waals surface area contributed by atoms with Crippen LogP contribution >= 0.6 is 0 Å². The second-order valence-electron chi connectivity index (χ2n) is 3.10. The van der Waals surface area contributed by atoms with E-state index in [0.717, 1.165) is 18.5 Å². The molecule has 4 heteroatoms. The Balaban J connectivity index is 2.50. The highest BCUT2D eigenvalue weighted by molar-refractivity contribution is 4.96. The zero-order valence-corrected chi connectivity index (χ0v) is 8.20. The first-order valence-electron chi connectivity index (χ1n) is 4.39. The maximum absolute atomic E-state index is 4.02. The van der Waals surface area contributed by atoms with Gasteiger partial charge in [0.2, 0.25) is 0 Å². The van der Waals surface area contributed by atoms with E-state index in [0.29, 0.717) is 6.04 Å². The average Bonchev–Trinajstić information content (AvgIpc) is 2.50. The number of rotatable bonds is 5. The summed E-state index contributed by atoms with van der Waals surface area (Å²) in [7, 11) is 3.82. The summed E-state index contributed by atoms with van der Waals surface area (Å²) >= 11 is 0. The minimum absolute atomic E-state index is 0.411. The first-order valence-corrected chi connectivity index (χ1v) is 4.39. The molecule has 4 nitrogen and oxygen atoms in total. The van der Waals surface area contributed by atoms with Crippen LogP contribution in [0, 0.1) is 0 Å². The molecular weight excluding hydrogens is 164 g/mol.